The maximum Gasteiger partial charge on any atom is 0.360 e. The van der Waals surface area contributed by atoms with Crippen molar-refractivity contribution in [1.82, 2.24) is 0 Å². The maximum absolute atomic E-state index is 11.3. The second kappa shape index (κ2) is 18.0. The average Bonchev–Trinajstić information content (AvgIpc) is 3.16. The lowest BCUT2D eigenvalue weighted by Crippen LogP contribution is -2.59. The number of hydrogen-bond donors (Lipinski definition) is 2. The Morgan fingerprint density at radius 3 is 1.78 bits per heavy atom. The van der Waals surface area contributed by atoms with Crippen LogP contribution in [0.25, 0.3) is 0 Å². The molecule has 1 heterocycles. The van der Waals surface area contributed by atoms with E-state index in [-0.39, 0.29) is 17.2 Å². The van der Waals surface area contributed by atoms with Crippen LogP contribution in [0.1, 0.15) is 122 Å². The summed E-state index contributed by atoms with van der Waals surface area (Å²) in [6.45, 7) is 5.61. The lowest BCUT2D eigenvalue weighted by atomic mass is 10.0. The largest absolute Gasteiger partial charge is 0.477 e. The van der Waals surface area contributed by atoms with Crippen LogP contribution in [-0.4, -0.2) is 34.1 Å². The van der Waals surface area contributed by atoms with Crippen LogP contribution in [0.5, 0.6) is 0 Å². The SMILES string of the molecule is C=CCCCCCCCCCCCCCCCCCCC1=NC=C[N+]1(CC(=O)O)C(C)N. The van der Waals surface area contributed by atoms with Gasteiger partial charge >= 0.3 is 5.97 Å². The standard InChI is InChI=1S/C27H49N3O2/c1-3-4-5-6-7-8-9-10-11-12-13-14-15-16-17-18-19-20-21-26-29-22-23-30(26,25(2)28)24-27(31)32/h3,22-23,25H,1,4-21,24,28H2,2H3/p+1. The second-order valence-electron chi connectivity index (χ2n) is 9.55. The van der Waals surface area contributed by atoms with E-state index in [2.05, 4.69) is 11.6 Å². The van der Waals surface area contributed by atoms with E-state index in [1.807, 2.05) is 19.2 Å². The molecule has 0 bridgehead atoms. The minimum atomic E-state index is -0.837. The number of aliphatic imine (C=N–C) groups is 1. The van der Waals surface area contributed by atoms with Gasteiger partial charge in [0.05, 0.1) is 6.20 Å². The molecule has 0 aromatic carbocycles. The smallest absolute Gasteiger partial charge is 0.360 e. The van der Waals surface area contributed by atoms with Crippen molar-refractivity contribution < 1.29 is 14.4 Å². The Hall–Kier alpha value is -1.46. The third kappa shape index (κ3) is 12.0. The fraction of sp³-hybridized carbons (Fsp3) is 0.778. The number of aliphatic carboxylic acids is 1. The van der Waals surface area contributed by atoms with E-state index in [9.17, 15) is 9.90 Å². The van der Waals surface area contributed by atoms with Crippen molar-refractivity contribution in [1.29, 1.82) is 0 Å². The van der Waals surface area contributed by atoms with Crippen LogP contribution in [0, 0.1) is 0 Å². The number of carbonyl (C=O) groups is 1. The van der Waals surface area contributed by atoms with Gasteiger partial charge < -0.3 is 5.11 Å². The van der Waals surface area contributed by atoms with Crippen molar-refractivity contribution in [3.63, 3.8) is 0 Å². The first kappa shape index (κ1) is 28.6. The van der Waals surface area contributed by atoms with Crippen molar-refractivity contribution in [2.45, 2.75) is 129 Å². The first-order chi connectivity index (χ1) is 15.5. The van der Waals surface area contributed by atoms with Crippen LogP contribution < -0.4 is 5.73 Å². The van der Waals surface area contributed by atoms with Gasteiger partial charge in [0.25, 0.3) is 0 Å². The predicted molar refractivity (Wildman–Crippen MR) is 136 cm³/mol. The second-order valence-corrected chi connectivity index (χ2v) is 9.55. The molecule has 2 atom stereocenters. The molecule has 1 aliphatic heterocycles. The number of carboxylic acids is 1. The van der Waals surface area contributed by atoms with Crippen LogP contribution in [-0.2, 0) is 4.79 Å². The predicted octanol–water partition coefficient (Wildman–Crippen LogP) is 7.28. The maximum atomic E-state index is 11.3. The fourth-order valence-corrected chi connectivity index (χ4v) is 4.63. The van der Waals surface area contributed by atoms with Crippen molar-refractivity contribution >= 4 is 11.8 Å². The van der Waals surface area contributed by atoms with E-state index in [1.54, 1.807) is 6.20 Å². The van der Waals surface area contributed by atoms with Gasteiger partial charge in [-0.15, -0.1) is 6.58 Å². The fourth-order valence-electron chi connectivity index (χ4n) is 4.63. The summed E-state index contributed by atoms with van der Waals surface area (Å²) in [5.74, 6) is 0.0616. The number of nitrogens with two attached hydrogens (primary N) is 1. The van der Waals surface area contributed by atoms with E-state index in [0.29, 0.717) is 0 Å². The zero-order valence-electron chi connectivity index (χ0n) is 20.8. The van der Waals surface area contributed by atoms with E-state index < -0.39 is 5.97 Å². The van der Waals surface area contributed by atoms with Crippen LogP contribution in [0.15, 0.2) is 30.0 Å². The van der Waals surface area contributed by atoms with E-state index in [0.717, 1.165) is 18.7 Å². The van der Waals surface area contributed by atoms with Crippen LogP contribution in [0.2, 0.25) is 0 Å². The summed E-state index contributed by atoms with van der Waals surface area (Å²) < 4.78 is 0.172. The van der Waals surface area contributed by atoms with Gasteiger partial charge in [-0.2, -0.15) is 0 Å². The summed E-state index contributed by atoms with van der Waals surface area (Å²) in [7, 11) is 0. The molecule has 0 aromatic heterocycles. The monoisotopic (exact) mass is 448 g/mol. The molecule has 0 amide bonds. The molecule has 184 valence electrons. The number of quaternary nitrogens is 1. The molecule has 1 rings (SSSR count). The number of hydrogen-bond acceptors (Lipinski definition) is 3. The molecule has 0 aliphatic carbocycles. The molecule has 1 aliphatic rings. The summed E-state index contributed by atoms with van der Waals surface area (Å²) in [4.78, 5) is 15.7. The highest BCUT2D eigenvalue weighted by molar-refractivity contribution is 5.81. The zero-order valence-corrected chi connectivity index (χ0v) is 20.8. The van der Waals surface area contributed by atoms with E-state index in [1.165, 1.54) is 103 Å². The number of rotatable bonds is 22. The summed E-state index contributed by atoms with van der Waals surface area (Å²) >= 11 is 0. The van der Waals surface area contributed by atoms with Gasteiger partial charge in [-0.05, 0) is 19.3 Å². The quantitative estimate of drug-likeness (QED) is 0.104. The van der Waals surface area contributed by atoms with Gasteiger partial charge in [-0.25, -0.2) is 14.3 Å². The number of allylic oxidation sites excluding steroid dienone is 1. The van der Waals surface area contributed by atoms with Gasteiger partial charge in [0.1, 0.15) is 12.4 Å². The summed E-state index contributed by atoms with van der Waals surface area (Å²) in [6, 6.07) is 0. The molecule has 0 fully saturated rings. The minimum absolute atomic E-state index is 0.0247. The average molecular weight is 449 g/mol. The van der Waals surface area contributed by atoms with Crippen LogP contribution in [0.4, 0.5) is 0 Å². The molecule has 0 radical (unpaired) electrons. The molecule has 0 aromatic rings. The molecule has 0 saturated carbocycles. The van der Waals surface area contributed by atoms with Gasteiger partial charge in [0.15, 0.2) is 6.54 Å². The number of carboxylic acid groups (broad SMARTS) is 1. The Kier molecular flexibility index (Phi) is 16.1. The first-order valence-corrected chi connectivity index (χ1v) is 13.2. The van der Waals surface area contributed by atoms with E-state index >= 15 is 0 Å². The number of amidine groups is 1. The highest BCUT2D eigenvalue weighted by Gasteiger charge is 2.40. The van der Waals surface area contributed by atoms with Crippen LogP contribution >= 0.6 is 0 Å². The van der Waals surface area contributed by atoms with Crippen molar-refractivity contribution in [3.8, 4) is 0 Å². The Bertz CT molecular complexity index is 571. The Morgan fingerprint density at radius 1 is 0.938 bits per heavy atom. The van der Waals surface area contributed by atoms with Crippen molar-refractivity contribution in [2.24, 2.45) is 10.7 Å². The molecule has 2 unspecified atom stereocenters. The molecular formula is C27H50N3O2+. The molecule has 0 spiro atoms. The van der Waals surface area contributed by atoms with Crippen LogP contribution in [0.3, 0.4) is 0 Å². The third-order valence-electron chi connectivity index (χ3n) is 6.72. The molecule has 32 heavy (non-hydrogen) atoms. The number of nitrogens with zero attached hydrogens (tertiary/aromatic N) is 2. The minimum Gasteiger partial charge on any atom is -0.477 e. The summed E-state index contributed by atoms with van der Waals surface area (Å²) in [5, 5.41) is 9.27. The molecule has 3 N–H and O–H groups in total. The van der Waals surface area contributed by atoms with E-state index in [4.69, 9.17) is 5.73 Å². The van der Waals surface area contributed by atoms with Gasteiger partial charge in [0.2, 0.25) is 5.84 Å². The Labute approximate surface area is 197 Å². The topological polar surface area (TPSA) is 75.7 Å². The lowest BCUT2D eigenvalue weighted by molar-refractivity contribution is -0.805. The molecule has 5 heteroatoms. The van der Waals surface area contributed by atoms with Gasteiger partial charge in [-0.3, -0.25) is 5.73 Å². The zero-order chi connectivity index (χ0) is 23.5. The number of unbranched alkanes of at least 4 members (excludes halogenated alkanes) is 16. The normalized spacial score (nSPS) is 18.6. The Balaban J connectivity index is 1.92. The van der Waals surface area contributed by atoms with Gasteiger partial charge in [0, 0.05) is 13.3 Å². The summed E-state index contributed by atoms with van der Waals surface area (Å²) in [5.41, 5.74) is 6.12. The van der Waals surface area contributed by atoms with Crippen molar-refractivity contribution in [2.75, 3.05) is 6.54 Å². The first-order valence-electron chi connectivity index (χ1n) is 13.2. The molecular weight excluding hydrogens is 398 g/mol. The van der Waals surface area contributed by atoms with Gasteiger partial charge in [-0.1, -0.05) is 96.0 Å². The Morgan fingerprint density at radius 2 is 1.38 bits per heavy atom. The molecule has 0 saturated heterocycles. The third-order valence-corrected chi connectivity index (χ3v) is 6.72. The molecule has 5 nitrogen and oxygen atoms in total. The van der Waals surface area contributed by atoms with Crippen molar-refractivity contribution in [3.05, 3.63) is 25.1 Å². The highest BCUT2D eigenvalue weighted by atomic mass is 16.4. The highest BCUT2D eigenvalue weighted by Crippen LogP contribution is 2.23. The lowest BCUT2D eigenvalue weighted by Gasteiger charge is -2.34. The summed E-state index contributed by atoms with van der Waals surface area (Å²) in [6.07, 6.45) is 28.7.